The van der Waals surface area contributed by atoms with Crippen LogP contribution in [-0.4, -0.2) is 65.0 Å². The number of hydrogen-bond acceptors (Lipinski definition) is 4. The number of aromatic nitrogens is 1. The predicted octanol–water partition coefficient (Wildman–Crippen LogP) is 1.93. The lowest BCUT2D eigenvalue weighted by molar-refractivity contribution is -0.167. The molecule has 4 rings (SSSR count). The fraction of sp³-hybridized carbons (Fsp3) is 0.667. The number of amides is 1. The number of rotatable bonds is 3. The molecule has 25 heavy (non-hydrogen) atoms. The summed E-state index contributed by atoms with van der Waals surface area (Å²) in [5.41, 5.74) is 1.13. The highest BCUT2D eigenvalue weighted by Crippen LogP contribution is 2.43. The van der Waals surface area contributed by atoms with E-state index < -0.39 is 11.8 Å². The first-order chi connectivity index (χ1) is 12.0. The summed E-state index contributed by atoms with van der Waals surface area (Å²) in [6.07, 6.45) is 3.88. The summed E-state index contributed by atoms with van der Waals surface area (Å²) in [5, 5.41) is 0. The lowest BCUT2D eigenvalue weighted by Crippen LogP contribution is -2.61. The van der Waals surface area contributed by atoms with Crippen LogP contribution in [0.1, 0.15) is 24.8 Å². The van der Waals surface area contributed by atoms with Gasteiger partial charge in [0.1, 0.15) is 0 Å². The Kier molecular flexibility index (Phi) is 4.45. The highest BCUT2D eigenvalue weighted by Gasteiger charge is 2.50. The van der Waals surface area contributed by atoms with Gasteiger partial charge >= 0.3 is 0 Å². The van der Waals surface area contributed by atoms with E-state index in [4.69, 9.17) is 4.74 Å². The Morgan fingerprint density at radius 1 is 1.36 bits per heavy atom. The molecule has 0 spiro atoms. The molecule has 0 N–H and O–H groups in total. The summed E-state index contributed by atoms with van der Waals surface area (Å²) in [6, 6.07) is 4.08. The average molecular weight is 351 g/mol. The van der Waals surface area contributed by atoms with Crippen LogP contribution in [0.15, 0.2) is 24.5 Å². The van der Waals surface area contributed by atoms with Crippen molar-refractivity contribution in [2.24, 2.45) is 5.92 Å². The number of halogens is 2. The van der Waals surface area contributed by atoms with Crippen molar-refractivity contribution in [2.75, 3.05) is 26.2 Å². The highest BCUT2D eigenvalue weighted by atomic mass is 19.3. The van der Waals surface area contributed by atoms with Crippen LogP contribution in [0.3, 0.4) is 0 Å². The Bertz CT molecular complexity index is 620. The highest BCUT2D eigenvalue weighted by molar-refractivity contribution is 5.80. The summed E-state index contributed by atoms with van der Waals surface area (Å²) in [7, 11) is 0. The molecular formula is C18H23F2N3O2. The van der Waals surface area contributed by atoms with Gasteiger partial charge in [0.05, 0.1) is 18.8 Å². The summed E-state index contributed by atoms with van der Waals surface area (Å²) in [5.74, 6) is -3.28. The molecule has 0 unspecified atom stereocenters. The minimum atomic E-state index is -2.65. The second kappa shape index (κ2) is 6.61. The van der Waals surface area contributed by atoms with E-state index in [1.165, 1.54) is 0 Å². The molecule has 1 aromatic heterocycles. The van der Waals surface area contributed by atoms with E-state index in [0.29, 0.717) is 19.7 Å². The summed E-state index contributed by atoms with van der Waals surface area (Å²) >= 11 is 0. The number of fused-ring (bicyclic) bond motifs is 1. The molecule has 2 saturated heterocycles. The smallest absolute Gasteiger partial charge is 0.249 e. The third-order valence-corrected chi connectivity index (χ3v) is 5.56. The summed E-state index contributed by atoms with van der Waals surface area (Å²) in [6.45, 7) is 3.42. The largest absolute Gasteiger partial charge is 0.375 e. The van der Waals surface area contributed by atoms with E-state index in [0.717, 1.165) is 25.1 Å². The van der Waals surface area contributed by atoms with Crippen LogP contribution in [-0.2, 0) is 16.1 Å². The van der Waals surface area contributed by atoms with Crippen molar-refractivity contribution in [3.05, 3.63) is 30.1 Å². The zero-order valence-electron chi connectivity index (χ0n) is 14.1. The summed E-state index contributed by atoms with van der Waals surface area (Å²) in [4.78, 5) is 20.8. The van der Waals surface area contributed by atoms with Gasteiger partial charge in [0.25, 0.3) is 0 Å². The van der Waals surface area contributed by atoms with Gasteiger partial charge in [0.2, 0.25) is 11.8 Å². The quantitative estimate of drug-likeness (QED) is 0.835. The van der Waals surface area contributed by atoms with Gasteiger partial charge < -0.3 is 9.64 Å². The number of ether oxygens (including phenoxy) is 1. The number of likely N-dealkylation sites (tertiary alicyclic amines) is 1. The molecule has 2 atom stereocenters. The number of pyridine rings is 1. The van der Waals surface area contributed by atoms with Crippen molar-refractivity contribution in [1.29, 1.82) is 0 Å². The first-order valence-corrected chi connectivity index (χ1v) is 8.93. The number of hydrogen-bond donors (Lipinski definition) is 0. The molecule has 0 radical (unpaired) electrons. The van der Waals surface area contributed by atoms with Gasteiger partial charge in [-0.2, -0.15) is 0 Å². The topological polar surface area (TPSA) is 45.7 Å². The number of nitrogens with zero attached hydrogens (tertiary/aromatic N) is 3. The third-order valence-electron chi connectivity index (χ3n) is 5.56. The van der Waals surface area contributed by atoms with E-state index in [-0.39, 0.29) is 30.9 Å². The molecule has 2 aliphatic heterocycles. The fourth-order valence-corrected chi connectivity index (χ4v) is 4.16. The van der Waals surface area contributed by atoms with Crippen LogP contribution in [0.4, 0.5) is 8.78 Å². The number of carbonyl (C=O) groups is 1. The van der Waals surface area contributed by atoms with Crippen molar-refractivity contribution in [1.82, 2.24) is 14.8 Å². The van der Waals surface area contributed by atoms with E-state index in [9.17, 15) is 13.6 Å². The van der Waals surface area contributed by atoms with Crippen molar-refractivity contribution in [3.8, 4) is 0 Å². The molecular weight excluding hydrogens is 328 g/mol. The van der Waals surface area contributed by atoms with Gasteiger partial charge in [-0.15, -0.1) is 0 Å². The Hall–Kier alpha value is -1.60. The zero-order chi connectivity index (χ0) is 17.4. The number of piperidine rings is 1. The minimum absolute atomic E-state index is 0.109. The van der Waals surface area contributed by atoms with Crippen LogP contribution >= 0.6 is 0 Å². The van der Waals surface area contributed by atoms with Gasteiger partial charge in [-0.3, -0.25) is 14.7 Å². The van der Waals surface area contributed by atoms with Gasteiger partial charge in [-0.1, -0.05) is 6.07 Å². The van der Waals surface area contributed by atoms with E-state index in [1.807, 2.05) is 18.3 Å². The molecule has 1 saturated carbocycles. The maximum Gasteiger partial charge on any atom is 0.249 e. The van der Waals surface area contributed by atoms with Crippen LogP contribution in [0.5, 0.6) is 0 Å². The second-order valence-corrected chi connectivity index (χ2v) is 7.34. The number of alkyl halides is 2. The van der Waals surface area contributed by atoms with E-state index >= 15 is 0 Å². The molecule has 7 heteroatoms. The molecule has 3 fully saturated rings. The van der Waals surface area contributed by atoms with Gasteiger partial charge in [0.15, 0.2) is 0 Å². The van der Waals surface area contributed by atoms with Gasteiger partial charge in [0, 0.05) is 57.3 Å². The fourth-order valence-electron chi connectivity index (χ4n) is 4.16. The molecule has 5 nitrogen and oxygen atoms in total. The molecule has 3 aliphatic rings. The second-order valence-electron chi connectivity index (χ2n) is 7.34. The Morgan fingerprint density at radius 2 is 2.20 bits per heavy atom. The third kappa shape index (κ3) is 3.53. The van der Waals surface area contributed by atoms with Crippen LogP contribution in [0.2, 0.25) is 0 Å². The van der Waals surface area contributed by atoms with E-state index in [2.05, 4.69) is 9.88 Å². The number of carbonyl (C=O) groups excluding carboxylic acids is 1. The normalized spacial score (nSPS) is 29.8. The average Bonchev–Trinajstić information content (AvgIpc) is 2.60. The van der Waals surface area contributed by atoms with E-state index in [1.54, 1.807) is 11.1 Å². The van der Waals surface area contributed by atoms with Crippen molar-refractivity contribution >= 4 is 5.91 Å². The first kappa shape index (κ1) is 16.8. The van der Waals surface area contributed by atoms with Gasteiger partial charge in [-0.05, 0) is 18.1 Å². The monoisotopic (exact) mass is 351 g/mol. The molecule has 3 heterocycles. The Labute approximate surface area is 146 Å². The molecule has 136 valence electrons. The number of morpholine rings is 1. The maximum atomic E-state index is 13.1. The first-order valence-electron chi connectivity index (χ1n) is 8.93. The molecule has 1 aliphatic carbocycles. The standard InChI is InChI=1S/C18H23F2N3O2/c19-18(20)8-14(9-18)17(24)23-5-3-16-15(12-23)22(6-7-25-16)11-13-2-1-4-21-10-13/h1-2,4,10,14-16H,3,5-9,11-12H2/t15-,16-/m0/s1. The van der Waals surface area contributed by atoms with Gasteiger partial charge in [-0.25, -0.2) is 8.78 Å². The van der Waals surface area contributed by atoms with Crippen LogP contribution in [0, 0.1) is 5.92 Å². The summed E-state index contributed by atoms with van der Waals surface area (Å²) < 4.78 is 32.1. The van der Waals surface area contributed by atoms with Crippen LogP contribution in [0.25, 0.3) is 0 Å². The SMILES string of the molecule is O=C(C1CC(F)(F)C1)N1CC[C@@H]2OCCN(Cc3cccnc3)[C@H]2C1. The van der Waals surface area contributed by atoms with Crippen molar-refractivity contribution in [3.63, 3.8) is 0 Å². The lowest BCUT2D eigenvalue weighted by atomic mass is 9.80. The van der Waals surface area contributed by atoms with Crippen molar-refractivity contribution in [2.45, 2.75) is 43.9 Å². The lowest BCUT2D eigenvalue weighted by Gasteiger charge is -2.48. The molecule has 0 bridgehead atoms. The predicted molar refractivity (Wildman–Crippen MR) is 87.0 cm³/mol. The Balaban J connectivity index is 1.41. The minimum Gasteiger partial charge on any atom is -0.375 e. The molecule has 0 aromatic carbocycles. The van der Waals surface area contributed by atoms with Crippen molar-refractivity contribution < 1.29 is 18.3 Å². The van der Waals surface area contributed by atoms with Crippen LogP contribution < -0.4 is 0 Å². The Morgan fingerprint density at radius 3 is 2.92 bits per heavy atom. The zero-order valence-corrected chi connectivity index (χ0v) is 14.1. The maximum absolute atomic E-state index is 13.1. The molecule has 1 amide bonds. The molecule has 1 aromatic rings.